The largest absolute Gasteiger partial charge is 0.476 e. The molecule has 0 aliphatic carbocycles. The van der Waals surface area contributed by atoms with Gasteiger partial charge in [0.05, 0.1) is 11.9 Å². The van der Waals surface area contributed by atoms with E-state index in [9.17, 15) is 22.8 Å². The Morgan fingerprint density at radius 1 is 1.30 bits per heavy atom. The van der Waals surface area contributed by atoms with E-state index in [0.29, 0.717) is 4.90 Å². The highest BCUT2D eigenvalue weighted by Gasteiger charge is 2.36. The summed E-state index contributed by atoms with van der Waals surface area (Å²) in [7, 11) is 0. The third-order valence-electron chi connectivity index (χ3n) is 2.90. The number of aromatic nitrogens is 4. The highest BCUT2D eigenvalue weighted by atomic mass is 19.4. The van der Waals surface area contributed by atoms with Gasteiger partial charge in [0.2, 0.25) is 0 Å². The maximum atomic E-state index is 12.9. The fourth-order valence-electron chi connectivity index (χ4n) is 1.90. The summed E-state index contributed by atoms with van der Waals surface area (Å²) in [6, 6.07) is 2.46. The van der Waals surface area contributed by atoms with E-state index >= 15 is 0 Å². The number of alkyl halides is 3. The minimum atomic E-state index is -4.70. The topological polar surface area (TPSA) is 110 Å². The third-order valence-corrected chi connectivity index (χ3v) is 2.90. The number of halogens is 3. The van der Waals surface area contributed by atoms with Crippen molar-refractivity contribution in [3.63, 3.8) is 0 Å². The lowest BCUT2D eigenvalue weighted by Gasteiger charge is -2.27. The van der Waals surface area contributed by atoms with Gasteiger partial charge in [0, 0.05) is 12.3 Å². The number of carbonyl (C=O) groups is 2. The molecule has 0 aromatic carbocycles. The molecule has 0 saturated heterocycles. The summed E-state index contributed by atoms with van der Waals surface area (Å²) in [6.07, 6.45) is -3.81. The molecule has 0 aliphatic heterocycles. The minimum Gasteiger partial charge on any atom is -0.476 e. The van der Waals surface area contributed by atoms with E-state index in [1.54, 1.807) is 0 Å². The highest BCUT2D eigenvalue weighted by Crippen LogP contribution is 2.24. The van der Waals surface area contributed by atoms with Gasteiger partial charge in [-0.1, -0.05) is 0 Å². The number of hydrogen-bond acceptors (Lipinski definition) is 6. The Hall–Kier alpha value is -3.18. The molecule has 0 saturated carbocycles. The predicted molar refractivity (Wildman–Crippen MR) is 85.7 cm³/mol. The zero-order valence-electron chi connectivity index (χ0n) is 14.6. The number of pyridine rings is 1. The van der Waals surface area contributed by atoms with Crippen molar-refractivity contribution in [2.75, 3.05) is 11.4 Å². The maximum Gasteiger partial charge on any atom is 0.416 e. The maximum absolute atomic E-state index is 12.9. The molecule has 146 valence electrons. The van der Waals surface area contributed by atoms with Crippen molar-refractivity contribution in [3.05, 3.63) is 30.2 Å². The fraction of sp³-hybridized carbons (Fsp3) is 0.400. The van der Waals surface area contributed by atoms with Crippen LogP contribution >= 0.6 is 0 Å². The summed E-state index contributed by atoms with van der Waals surface area (Å²) >= 11 is 0. The number of hydrogen-bond donors (Lipinski definition) is 1. The lowest BCUT2D eigenvalue weighted by molar-refractivity contribution is -0.119. The molecule has 0 fully saturated rings. The van der Waals surface area contributed by atoms with Gasteiger partial charge in [0.1, 0.15) is 18.0 Å². The van der Waals surface area contributed by atoms with Crippen LogP contribution in [-0.2, 0) is 4.74 Å². The number of carbonyl (C=O) groups excluding carboxylic acids is 1. The lowest BCUT2D eigenvalue weighted by Crippen LogP contribution is -2.42. The van der Waals surface area contributed by atoms with Gasteiger partial charge in [-0.05, 0) is 26.8 Å². The van der Waals surface area contributed by atoms with Crippen molar-refractivity contribution in [3.8, 4) is 5.69 Å². The summed E-state index contributed by atoms with van der Waals surface area (Å²) in [6.45, 7) is 2.93. The van der Waals surface area contributed by atoms with Gasteiger partial charge in [-0.25, -0.2) is 14.6 Å². The van der Waals surface area contributed by atoms with E-state index in [4.69, 9.17) is 9.84 Å². The fourth-order valence-corrected chi connectivity index (χ4v) is 1.90. The summed E-state index contributed by atoms with van der Waals surface area (Å²) in [5.41, 5.74) is -1.26. The van der Waals surface area contributed by atoms with Crippen molar-refractivity contribution >= 4 is 17.9 Å². The Kier molecular flexibility index (Phi) is 5.38. The molecule has 2 rings (SSSR count). The molecule has 0 atom stereocenters. The number of anilines is 1. The van der Waals surface area contributed by atoms with E-state index in [1.807, 2.05) is 0 Å². The Morgan fingerprint density at radius 3 is 2.48 bits per heavy atom. The van der Waals surface area contributed by atoms with Crippen molar-refractivity contribution in [2.45, 2.75) is 32.5 Å². The molecule has 2 aromatic rings. The SMILES string of the molecule is CC(C)(C)OC(=O)N(CC(F)(F)F)c1cc(-n2ncc(C(=O)O)n2)ccn1. The normalized spacial score (nSPS) is 11.9. The summed E-state index contributed by atoms with van der Waals surface area (Å²) in [5.74, 6) is -1.67. The molecule has 0 unspecified atom stereocenters. The molecular weight excluding hydrogens is 371 g/mol. The molecular formula is C15H16F3N5O4. The van der Waals surface area contributed by atoms with Crippen LogP contribution in [0.1, 0.15) is 31.3 Å². The molecule has 0 bridgehead atoms. The van der Waals surface area contributed by atoms with Crippen LogP contribution in [0, 0.1) is 0 Å². The summed E-state index contributed by atoms with van der Waals surface area (Å²) in [5, 5.41) is 16.3. The molecule has 27 heavy (non-hydrogen) atoms. The second-order valence-electron chi connectivity index (χ2n) is 6.38. The number of ether oxygens (including phenoxy) is 1. The van der Waals surface area contributed by atoms with Crippen LogP contribution < -0.4 is 4.90 Å². The van der Waals surface area contributed by atoms with E-state index in [0.717, 1.165) is 23.3 Å². The second-order valence-corrected chi connectivity index (χ2v) is 6.38. The summed E-state index contributed by atoms with van der Waals surface area (Å²) < 4.78 is 43.8. The number of rotatable bonds is 4. The average Bonchev–Trinajstić information content (AvgIpc) is 3.00. The Bertz CT molecular complexity index is 844. The van der Waals surface area contributed by atoms with Crippen LogP contribution in [0.2, 0.25) is 0 Å². The molecule has 0 aliphatic rings. The standard InChI is InChI=1S/C15H16F3N5O4/c1-14(2,3)27-13(26)22(8-15(16,17)18)11-6-9(4-5-19-11)23-20-7-10(21-23)12(24)25/h4-7H,8H2,1-3H3,(H,24,25). The third kappa shape index (κ3) is 5.66. The van der Waals surface area contributed by atoms with Gasteiger partial charge in [-0.3, -0.25) is 4.90 Å². The zero-order chi connectivity index (χ0) is 20.4. The van der Waals surface area contributed by atoms with Crippen LogP contribution in [0.15, 0.2) is 24.5 Å². The first kappa shape index (κ1) is 20.1. The van der Waals surface area contributed by atoms with Crippen molar-refractivity contribution in [1.82, 2.24) is 20.0 Å². The number of carboxylic acids is 1. The van der Waals surface area contributed by atoms with Crippen LogP contribution in [0.4, 0.5) is 23.8 Å². The van der Waals surface area contributed by atoms with Gasteiger partial charge in [0.25, 0.3) is 0 Å². The molecule has 2 heterocycles. The second kappa shape index (κ2) is 7.21. The quantitative estimate of drug-likeness (QED) is 0.859. The van der Waals surface area contributed by atoms with Crippen LogP contribution in [0.3, 0.4) is 0 Å². The average molecular weight is 387 g/mol. The number of nitrogens with zero attached hydrogens (tertiary/aromatic N) is 5. The number of carboxylic acid groups (broad SMARTS) is 1. The van der Waals surface area contributed by atoms with Gasteiger partial charge in [-0.15, -0.1) is 5.10 Å². The Balaban J connectivity index is 2.40. The summed E-state index contributed by atoms with van der Waals surface area (Å²) in [4.78, 5) is 28.1. The van der Waals surface area contributed by atoms with Crippen LogP contribution in [0.5, 0.6) is 0 Å². The van der Waals surface area contributed by atoms with E-state index in [1.165, 1.54) is 26.8 Å². The van der Waals surface area contributed by atoms with Crippen LogP contribution in [-0.4, -0.2) is 55.5 Å². The van der Waals surface area contributed by atoms with Crippen molar-refractivity contribution in [1.29, 1.82) is 0 Å². The Morgan fingerprint density at radius 2 is 1.96 bits per heavy atom. The molecule has 12 heteroatoms. The predicted octanol–water partition coefficient (Wildman–Crippen LogP) is 2.66. The van der Waals surface area contributed by atoms with Gasteiger partial charge in [-0.2, -0.15) is 23.1 Å². The molecule has 2 aromatic heterocycles. The van der Waals surface area contributed by atoms with E-state index < -0.39 is 30.4 Å². The smallest absolute Gasteiger partial charge is 0.416 e. The molecule has 1 amide bonds. The highest BCUT2D eigenvalue weighted by molar-refractivity contribution is 5.87. The first-order valence-electron chi connectivity index (χ1n) is 7.55. The molecule has 0 radical (unpaired) electrons. The number of amides is 1. The minimum absolute atomic E-state index is 0.114. The zero-order valence-corrected chi connectivity index (χ0v) is 14.6. The van der Waals surface area contributed by atoms with E-state index in [-0.39, 0.29) is 17.2 Å². The van der Waals surface area contributed by atoms with Crippen molar-refractivity contribution < 1.29 is 32.6 Å². The van der Waals surface area contributed by atoms with Crippen molar-refractivity contribution in [2.24, 2.45) is 0 Å². The van der Waals surface area contributed by atoms with Gasteiger partial charge in [0.15, 0.2) is 5.69 Å². The monoisotopic (exact) mass is 387 g/mol. The number of aromatic carboxylic acids is 1. The first-order valence-corrected chi connectivity index (χ1v) is 7.55. The molecule has 9 nitrogen and oxygen atoms in total. The first-order chi connectivity index (χ1) is 12.4. The molecule has 0 spiro atoms. The van der Waals surface area contributed by atoms with E-state index in [2.05, 4.69) is 15.2 Å². The van der Waals surface area contributed by atoms with Gasteiger partial charge >= 0.3 is 18.2 Å². The van der Waals surface area contributed by atoms with Crippen LogP contribution in [0.25, 0.3) is 5.69 Å². The molecule has 1 N–H and O–H groups in total. The Labute approximate surface area is 151 Å². The van der Waals surface area contributed by atoms with Gasteiger partial charge < -0.3 is 9.84 Å². The lowest BCUT2D eigenvalue weighted by atomic mass is 10.2.